The van der Waals surface area contributed by atoms with Crippen LogP contribution in [0.2, 0.25) is 0 Å². The molecule has 0 radical (unpaired) electrons. The number of carbonyl (C=O) groups is 1. The first kappa shape index (κ1) is 15.2. The van der Waals surface area contributed by atoms with Gasteiger partial charge in [0, 0.05) is 25.3 Å². The number of benzene rings is 1. The van der Waals surface area contributed by atoms with Crippen molar-refractivity contribution in [3.63, 3.8) is 0 Å². The first-order chi connectivity index (χ1) is 9.82. The van der Waals surface area contributed by atoms with E-state index in [9.17, 15) is 20.0 Å². The Bertz CT molecular complexity index is 566. The first-order valence-electron chi connectivity index (χ1n) is 6.78. The van der Waals surface area contributed by atoms with Gasteiger partial charge >= 0.3 is 5.97 Å². The minimum atomic E-state index is -1.34. The number of hydrogen-bond acceptors (Lipinski definition) is 5. The second-order valence-corrected chi connectivity index (χ2v) is 5.55. The molecule has 0 aromatic heterocycles. The number of aliphatic hydroxyl groups is 1. The lowest BCUT2D eigenvalue weighted by molar-refractivity contribution is -0.385. The molecule has 1 aromatic carbocycles. The molecule has 0 unspecified atom stereocenters. The summed E-state index contributed by atoms with van der Waals surface area (Å²) in [7, 11) is 1.74. The Morgan fingerprint density at radius 2 is 2.05 bits per heavy atom. The van der Waals surface area contributed by atoms with Crippen molar-refractivity contribution < 1.29 is 19.9 Å². The van der Waals surface area contributed by atoms with Crippen molar-refractivity contribution in [1.29, 1.82) is 0 Å². The van der Waals surface area contributed by atoms with Crippen LogP contribution in [0.5, 0.6) is 0 Å². The van der Waals surface area contributed by atoms with Gasteiger partial charge in [-0.2, -0.15) is 0 Å². The van der Waals surface area contributed by atoms with E-state index in [0.29, 0.717) is 12.2 Å². The summed E-state index contributed by atoms with van der Waals surface area (Å²) in [5.74, 6) is -1.34. The van der Waals surface area contributed by atoms with Crippen molar-refractivity contribution in [2.24, 2.45) is 0 Å². The lowest BCUT2D eigenvalue weighted by atomic mass is 10.0. The Balaban J connectivity index is 2.25. The molecular formula is C14H18N2O5. The third-order valence-electron chi connectivity index (χ3n) is 3.91. The van der Waals surface area contributed by atoms with Crippen molar-refractivity contribution >= 4 is 17.3 Å². The van der Waals surface area contributed by atoms with Gasteiger partial charge in [-0.1, -0.05) is 12.8 Å². The van der Waals surface area contributed by atoms with E-state index in [-0.39, 0.29) is 5.56 Å². The van der Waals surface area contributed by atoms with E-state index < -0.39 is 22.2 Å². The molecule has 0 aliphatic heterocycles. The largest absolute Gasteiger partial charge is 0.477 e. The third-order valence-corrected chi connectivity index (χ3v) is 3.91. The Labute approximate surface area is 122 Å². The molecule has 0 saturated heterocycles. The van der Waals surface area contributed by atoms with Crippen LogP contribution < -0.4 is 4.90 Å². The summed E-state index contributed by atoms with van der Waals surface area (Å²) in [5.41, 5.74) is -1.000. The van der Waals surface area contributed by atoms with E-state index in [1.165, 1.54) is 18.2 Å². The third kappa shape index (κ3) is 3.30. The molecule has 0 heterocycles. The van der Waals surface area contributed by atoms with E-state index in [1.807, 2.05) is 0 Å². The van der Waals surface area contributed by atoms with Crippen LogP contribution in [0.3, 0.4) is 0 Å². The second-order valence-electron chi connectivity index (χ2n) is 5.55. The maximum Gasteiger partial charge on any atom is 0.342 e. The van der Waals surface area contributed by atoms with Gasteiger partial charge in [0.2, 0.25) is 0 Å². The number of nitrogens with zero attached hydrogens (tertiary/aromatic N) is 2. The summed E-state index contributed by atoms with van der Waals surface area (Å²) in [6.07, 6.45) is 3.39. The van der Waals surface area contributed by atoms with Crippen LogP contribution in [0.25, 0.3) is 0 Å². The molecule has 21 heavy (non-hydrogen) atoms. The first-order valence-corrected chi connectivity index (χ1v) is 6.78. The molecule has 7 heteroatoms. The number of carboxylic acids is 1. The number of rotatable bonds is 5. The number of likely N-dealkylation sites (N-methyl/N-ethyl adjacent to an activating group) is 1. The van der Waals surface area contributed by atoms with Gasteiger partial charge in [0.15, 0.2) is 0 Å². The summed E-state index contributed by atoms with van der Waals surface area (Å²) in [6, 6.07) is 3.97. The summed E-state index contributed by atoms with van der Waals surface area (Å²) >= 11 is 0. The van der Waals surface area contributed by atoms with Crippen molar-refractivity contribution in [2.75, 3.05) is 18.5 Å². The SMILES string of the molecule is CN(CC1(O)CCCC1)c1ccc([N+](=O)[O-])c(C(=O)O)c1. The minimum Gasteiger partial charge on any atom is -0.477 e. The number of anilines is 1. The van der Waals surface area contributed by atoms with Gasteiger partial charge in [0.25, 0.3) is 5.69 Å². The van der Waals surface area contributed by atoms with Gasteiger partial charge in [-0.25, -0.2) is 4.79 Å². The highest BCUT2D eigenvalue weighted by atomic mass is 16.6. The zero-order valence-corrected chi connectivity index (χ0v) is 11.8. The van der Waals surface area contributed by atoms with Crippen LogP contribution >= 0.6 is 0 Å². The molecule has 2 N–H and O–H groups in total. The molecular weight excluding hydrogens is 276 g/mol. The minimum absolute atomic E-state index is 0.345. The summed E-state index contributed by atoms with van der Waals surface area (Å²) in [4.78, 5) is 23.0. The topological polar surface area (TPSA) is 104 Å². The fourth-order valence-corrected chi connectivity index (χ4v) is 2.82. The molecule has 114 valence electrons. The highest BCUT2D eigenvalue weighted by Crippen LogP contribution is 2.32. The van der Waals surface area contributed by atoms with Gasteiger partial charge in [-0.3, -0.25) is 10.1 Å². The van der Waals surface area contributed by atoms with Gasteiger partial charge in [0.1, 0.15) is 5.56 Å². The summed E-state index contributed by atoms with van der Waals surface area (Å²) in [6.45, 7) is 0.379. The molecule has 2 rings (SSSR count). The van der Waals surface area contributed by atoms with Crippen molar-refractivity contribution in [1.82, 2.24) is 0 Å². The van der Waals surface area contributed by atoms with Crippen molar-refractivity contribution in [3.8, 4) is 0 Å². The number of nitro groups is 1. The predicted molar refractivity (Wildman–Crippen MR) is 76.7 cm³/mol. The number of aromatic carboxylic acids is 1. The Morgan fingerprint density at radius 3 is 2.57 bits per heavy atom. The van der Waals surface area contributed by atoms with Crippen LogP contribution in [0, 0.1) is 10.1 Å². The molecule has 0 atom stereocenters. The number of hydrogen-bond donors (Lipinski definition) is 2. The fourth-order valence-electron chi connectivity index (χ4n) is 2.82. The molecule has 1 aliphatic carbocycles. The zero-order chi connectivity index (χ0) is 15.6. The average molecular weight is 294 g/mol. The summed E-state index contributed by atoms with van der Waals surface area (Å²) in [5, 5.41) is 30.3. The predicted octanol–water partition coefficient (Wildman–Crippen LogP) is 2.03. The van der Waals surface area contributed by atoms with Crippen LogP contribution in [-0.2, 0) is 0 Å². The number of carboxylic acid groups (broad SMARTS) is 1. The average Bonchev–Trinajstić information content (AvgIpc) is 2.84. The van der Waals surface area contributed by atoms with E-state index in [2.05, 4.69) is 0 Å². The van der Waals surface area contributed by atoms with E-state index in [4.69, 9.17) is 5.11 Å². The van der Waals surface area contributed by atoms with E-state index in [0.717, 1.165) is 25.7 Å². The van der Waals surface area contributed by atoms with Crippen LogP contribution in [-0.4, -0.2) is 40.3 Å². The smallest absolute Gasteiger partial charge is 0.342 e. The normalized spacial score (nSPS) is 16.7. The van der Waals surface area contributed by atoms with Crippen LogP contribution in [0.4, 0.5) is 11.4 Å². The van der Waals surface area contributed by atoms with Crippen LogP contribution in [0.1, 0.15) is 36.0 Å². The Morgan fingerprint density at radius 1 is 1.43 bits per heavy atom. The lowest BCUT2D eigenvalue weighted by Gasteiger charge is -2.30. The maximum absolute atomic E-state index is 11.1. The molecule has 1 saturated carbocycles. The lowest BCUT2D eigenvalue weighted by Crippen LogP contribution is -2.39. The maximum atomic E-state index is 11.1. The molecule has 0 bridgehead atoms. The Hall–Kier alpha value is -2.15. The zero-order valence-electron chi connectivity index (χ0n) is 11.8. The second kappa shape index (κ2) is 5.69. The molecule has 7 nitrogen and oxygen atoms in total. The van der Waals surface area contributed by atoms with Gasteiger partial charge in [-0.05, 0) is 25.0 Å². The highest BCUT2D eigenvalue weighted by Gasteiger charge is 2.32. The molecule has 0 spiro atoms. The van der Waals surface area contributed by atoms with Gasteiger partial charge in [-0.15, -0.1) is 0 Å². The number of nitro benzene ring substituents is 1. The highest BCUT2D eigenvalue weighted by molar-refractivity contribution is 5.93. The fraction of sp³-hybridized carbons (Fsp3) is 0.500. The summed E-state index contributed by atoms with van der Waals surface area (Å²) < 4.78 is 0. The standard InChI is InChI=1S/C14H18N2O5/c1-15(9-14(19)6-2-3-7-14)10-4-5-12(16(20)21)11(8-10)13(17)18/h4-5,8,19H,2-3,6-7,9H2,1H3,(H,17,18). The Kier molecular flexibility index (Phi) is 4.13. The van der Waals surface area contributed by atoms with Gasteiger partial charge < -0.3 is 15.1 Å². The molecule has 1 aromatic rings. The monoisotopic (exact) mass is 294 g/mol. The molecule has 1 aliphatic rings. The van der Waals surface area contributed by atoms with Gasteiger partial charge in [0.05, 0.1) is 10.5 Å². The van der Waals surface area contributed by atoms with E-state index >= 15 is 0 Å². The quantitative estimate of drug-likeness (QED) is 0.636. The van der Waals surface area contributed by atoms with Crippen LogP contribution in [0.15, 0.2) is 18.2 Å². The van der Waals surface area contributed by atoms with Crippen molar-refractivity contribution in [3.05, 3.63) is 33.9 Å². The van der Waals surface area contributed by atoms with E-state index in [1.54, 1.807) is 11.9 Å². The van der Waals surface area contributed by atoms with Crippen molar-refractivity contribution in [2.45, 2.75) is 31.3 Å². The molecule has 0 amide bonds. The molecule has 1 fully saturated rings.